The highest BCUT2D eigenvalue weighted by molar-refractivity contribution is 5.88. The van der Waals surface area contributed by atoms with Crippen LogP contribution in [0, 0.1) is 5.92 Å². The van der Waals surface area contributed by atoms with Crippen LogP contribution in [0.1, 0.15) is 40.0 Å². The maximum atomic E-state index is 12.0. The van der Waals surface area contributed by atoms with Gasteiger partial charge in [0.2, 0.25) is 0 Å². The van der Waals surface area contributed by atoms with Gasteiger partial charge in [0, 0.05) is 6.54 Å². The van der Waals surface area contributed by atoms with E-state index in [0.29, 0.717) is 13.0 Å². The quantitative estimate of drug-likeness (QED) is 0.761. The Bertz CT molecular complexity index is 360. The monoisotopic (exact) mass is 241 g/mol. The van der Waals surface area contributed by atoms with Crippen molar-refractivity contribution in [2.24, 2.45) is 5.92 Å². The van der Waals surface area contributed by atoms with Gasteiger partial charge in [-0.1, -0.05) is 0 Å². The summed E-state index contributed by atoms with van der Waals surface area (Å²) in [6.07, 6.45) is 1.83. The Morgan fingerprint density at radius 2 is 2.06 bits per heavy atom. The van der Waals surface area contributed by atoms with Gasteiger partial charge in [0.15, 0.2) is 0 Å². The lowest BCUT2D eigenvalue weighted by atomic mass is 10.0. The maximum Gasteiger partial charge on any atom is 0.411 e. The topological polar surface area (TPSA) is 66.8 Å². The lowest BCUT2D eigenvalue weighted by Gasteiger charge is -2.34. The molecule has 0 aromatic heterocycles. The highest BCUT2D eigenvalue weighted by Crippen LogP contribution is 2.54. The zero-order valence-electron chi connectivity index (χ0n) is 10.5. The minimum absolute atomic E-state index is 0.112. The standard InChI is InChI=1S/C12H19NO4/c1-11(2,3)17-10(16)13-6-4-5-8-7-12(8,13)9(14)15/h8H,4-7H2,1-3H3,(H,14,15)/t8-,12+/m0/s1. The molecule has 96 valence electrons. The molecule has 0 unspecified atom stereocenters. The van der Waals surface area contributed by atoms with E-state index in [1.54, 1.807) is 20.8 Å². The van der Waals surface area contributed by atoms with Crippen LogP contribution in [0.4, 0.5) is 4.79 Å². The van der Waals surface area contributed by atoms with Crippen LogP contribution < -0.4 is 0 Å². The number of piperidine rings is 1. The van der Waals surface area contributed by atoms with Crippen molar-refractivity contribution in [3.63, 3.8) is 0 Å². The molecule has 0 bridgehead atoms. The summed E-state index contributed by atoms with van der Waals surface area (Å²) in [7, 11) is 0. The van der Waals surface area contributed by atoms with Gasteiger partial charge in [0.1, 0.15) is 11.1 Å². The molecule has 1 amide bonds. The first kappa shape index (κ1) is 12.2. The molecule has 0 aromatic carbocycles. The molecule has 5 nitrogen and oxygen atoms in total. The normalized spacial score (nSPS) is 31.7. The number of ether oxygens (including phenoxy) is 1. The fraction of sp³-hybridized carbons (Fsp3) is 0.833. The summed E-state index contributed by atoms with van der Waals surface area (Å²) in [4.78, 5) is 24.8. The molecule has 1 aliphatic carbocycles. The third-order valence-electron chi connectivity index (χ3n) is 3.47. The molecule has 0 spiro atoms. The molecule has 17 heavy (non-hydrogen) atoms. The van der Waals surface area contributed by atoms with Crippen molar-refractivity contribution >= 4 is 12.1 Å². The van der Waals surface area contributed by atoms with Crippen LogP contribution in [-0.2, 0) is 9.53 Å². The van der Waals surface area contributed by atoms with Crippen molar-refractivity contribution in [3.05, 3.63) is 0 Å². The molecule has 5 heteroatoms. The molecule has 0 radical (unpaired) electrons. The third-order valence-corrected chi connectivity index (χ3v) is 3.47. The molecule has 1 aliphatic heterocycles. The lowest BCUT2D eigenvalue weighted by Crippen LogP contribution is -2.52. The largest absolute Gasteiger partial charge is 0.479 e. The summed E-state index contributed by atoms with van der Waals surface area (Å²) in [5, 5.41) is 9.31. The molecule has 2 rings (SSSR count). The van der Waals surface area contributed by atoms with Gasteiger partial charge in [-0.15, -0.1) is 0 Å². The van der Waals surface area contributed by atoms with Crippen LogP contribution in [0.25, 0.3) is 0 Å². The van der Waals surface area contributed by atoms with Crippen LogP contribution in [0.2, 0.25) is 0 Å². The Kier molecular flexibility index (Phi) is 2.60. The van der Waals surface area contributed by atoms with Gasteiger partial charge in [-0.3, -0.25) is 4.90 Å². The molecule has 0 aromatic rings. The highest BCUT2D eigenvalue weighted by atomic mass is 16.6. The number of rotatable bonds is 1. The Morgan fingerprint density at radius 3 is 2.59 bits per heavy atom. The van der Waals surface area contributed by atoms with Crippen LogP contribution >= 0.6 is 0 Å². The Hall–Kier alpha value is -1.26. The molecular formula is C12H19NO4. The molecule has 2 aliphatic rings. The second kappa shape index (κ2) is 3.62. The summed E-state index contributed by atoms with van der Waals surface area (Å²) in [6, 6.07) is 0. The number of amides is 1. The Labute approximate surface area is 101 Å². The second-order valence-electron chi connectivity index (χ2n) is 5.90. The Balaban J connectivity index is 2.14. The number of likely N-dealkylation sites (tertiary alicyclic amines) is 1. The molecule has 2 fully saturated rings. The van der Waals surface area contributed by atoms with Crippen LogP contribution in [-0.4, -0.2) is 39.8 Å². The van der Waals surface area contributed by atoms with Gasteiger partial charge < -0.3 is 9.84 Å². The fourth-order valence-electron chi connectivity index (χ4n) is 2.63. The molecular weight excluding hydrogens is 222 g/mol. The van der Waals surface area contributed by atoms with Crippen LogP contribution in [0.5, 0.6) is 0 Å². The minimum atomic E-state index is -0.972. The number of hydrogen-bond donors (Lipinski definition) is 1. The van der Waals surface area contributed by atoms with Crippen molar-refractivity contribution in [1.29, 1.82) is 0 Å². The number of aliphatic carboxylic acids is 1. The van der Waals surface area contributed by atoms with Gasteiger partial charge in [0.05, 0.1) is 0 Å². The SMILES string of the molecule is CC(C)(C)OC(=O)N1CCC[C@H]2C[C@]21C(=O)O. The van der Waals surface area contributed by atoms with Crippen LogP contribution in [0.15, 0.2) is 0 Å². The van der Waals surface area contributed by atoms with E-state index < -0.39 is 23.2 Å². The number of carboxylic acids is 1. The number of hydrogen-bond acceptors (Lipinski definition) is 3. The molecule has 1 saturated heterocycles. The van der Waals surface area contributed by atoms with E-state index in [-0.39, 0.29) is 5.92 Å². The smallest absolute Gasteiger partial charge is 0.411 e. The van der Waals surface area contributed by atoms with Gasteiger partial charge in [0.25, 0.3) is 0 Å². The number of nitrogens with zero attached hydrogens (tertiary/aromatic N) is 1. The average Bonchev–Trinajstić information content (AvgIpc) is 2.88. The van der Waals surface area contributed by atoms with E-state index in [1.807, 2.05) is 0 Å². The zero-order chi connectivity index (χ0) is 12.8. The summed E-state index contributed by atoms with van der Waals surface area (Å²) in [6.45, 7) is 5.84. The van der Waals surface area contributed by atoms with Crippen molar-refractivity contribution in [2.75, 3.05) is 6.54 Å². The van der Waals surface area contributed by atoms with E-state index in [1.165, 1.54) is 4.90 Å². The van der Waals surface area contributed by atoms with E-state index in [2.05, 4.69) is 0 Å². The zero-order valence-corrected chi connectivity index (χ0v) is 10.5. The minimum Gasteiger partial charge on any atom is -0.479 e. The van der Waals surface area contributed by atoms with Crippen LogP contribution in [0.3, 0.4) is 0 Å². The van der Waals surface area contributed by atoms with Crippen molar-refractivity contribution in [1.82, 2.24) is 4.90 Å². The summed E-state index contributed by atoms with van der Waals surface area (Å²) < 4.78 is 5.27. The van der Waals surface area contributed by atoms with Gasteiger partial charge in [-0.25, -0.2) is 9.59 Å². The Morgan fingerprint density at radius 1 is 1.41 bits per heavy atom. The highest BCUT2D eigenvalue weighted by Gasteiger charge is 2.67. The lowest BCUT2D eigenvalue weighted by molar-refractivity contribution is -0.146. The van der Waals surface area contributed by atoms with Gasteiger partial charge in [-0.2, -0.15) is 0 Å². The third kappa shape index (κ3) is 1.98. The summed E-state index contributed by atoms with van der Waals surface area (Å²) in [5.74, 6) is -0.783. The number of carboxylic acid groups (broad SMARTS) is 1. The van der Waals surface area contributed by atoms with Crippen molar-refractivity contribution < 1.29 is 19.4 Å². The van der Waals surface area contributed by atoms with E-state index in [9.17, 15) is 14.7 Å². The first-order valence-electron chi connectivity index (χ1n) is 6.01. The second-order valence-corrected chi connectivity index (χ2v) is 5.90. The molecule has 1 heterocycles. The number of carbonyl (C=O) groups excluding carboxylic acids is 1. The number of carbonyl (C=O) groups is 2. The fourth-order valence-corrected chi connectivity index (χ4v) is 2.63. The van der Waals surface area contributed by atoms with E-state index in [4.69, 9.17) is 4.74 Å². The van der Waals surface area contributed by atoms with E-state index in [0.717, 1.165) is 12.8 Å². The predicted octanol–water partition coefficient (Wildman–Crippen LogP) is 1.86. The van der Waals surface area contributed by atoms with E-state index >= 15 is 0 Å². The predicted molar refractivity (Wildman–Crippen MR) is 60.6 cm³/mol. The van der Waals surface area contributed by atoms with Gasteiger partial charge in [-0.05, 0) is 46.0 Å². The summed E-state index contributed by atoms with van der Waals surface area (Å²) in [5.41, 5.74) is -1.56. The molecule has 2 atom stereocenters. The average molecular weight is 241 g/mol. The van der Waals surface area contributed by atoms with Crippen molar-refractivity contribution in [2.45, 2.75) is 51.2 Å². The molecule has 1 N–H and O–H groups in total. The first-order valence-corrected chi connectivity index (χ1v) is 6.01. The maximum absolute atomic E-state index is 12.0. The summed E-state index contributed by atoms with van der Waals surface area (Å²) >= 11 is 0. The van der Waals surface area contributed by atoms with Gasteiger partial charge >= 0.3 is 12.1 Å². The number of fused-ring (bicyclic) bond motifs is 1. The van der Waals surface area contributed by atoms with Crippen molar-refractivity contribution in [3.8, 4) is 0 Å². The first-order chi connectivity index (χ1) is 7.77. The molecule has 1 saturated carbocycles.